The molecule has 0 aliphatic heterocycles. The topological polar surface area (TPSA) is 23.5 Å². The zero-order valence-electron chi connectivity index (χ0n) is 6.06. The molecule has 0 saturated heterocycles. The highest BCUT2D eigenvalue weighted by Gasteiger charge is 2.08. The molecule has 0 amide bonds. The summed E-state index contributed by atoms with van der Waals surface area (Å²) in [5.41, 5.74) is 0. The predicted molar refractivity (Wildman–Crippen MR) is 43.9 cm³/mol. The molecule has 0 aliphatic carbocycles. The van der Waals surface area contributed by atoms with E-state index in [2.05, 4.69) is 6.92 Å². The second-order valence-corrected chi connectivity index (χ2v) is 3.26. The molecule has 0 bridgehead atoms. The van der Waals surface area contributed by atoms with Gasteiger partial charge in [0, 0.05) is 13.2 Å². The smallest absolute Gasteiger partial charge is 0.0434 e. The summed E-state index contributed by atoms with van der Waals surface area (Å²) in [6.07, 6.45) is 1.77. The van der Waals surface area contributed by atoms with E-state index in [1.807, 2.05) is 0 Å². The third-order valence-electron chi connectivity index (χ3n) is 1.51. The van der Waals surface area contributed by atoms with Crippen molar-refractivity contribution in [3.8, 4) is 0 Å². The molecule has 10 heavy (non-hydrogen) atoms. The molecular formula is C6H13Cl2NO. The van der Waals surface area contributed by atoms with Crippen molar-refractivity contribution in [1.29, 1.82) is 0 Å². The van der Waals surface area contributed by atoms with Crippen LogP contribution in [0.25, 0.3) is 0 Å². The first-order valence-electron chi connectivity index (χ1n) is 3.40. The van der Waals surface area contributed by atoms with Crippen molar-refractivity contribution in [1.82, 2.24) is 3.94 Å². The van der Waals surface area contributed by atoms with Gasteiger partial charge in [-0.1, -0.05) is 13.3 Å². The lowest BCUT2D eigenvalue weighted by molar-refractivity contribution is 0.248. The zero-order valence-corrected chi connectivity index (χ0v) is 7.57. The Labute approximate surface area is 71.9 Å². The predicted octanol–water partition coefficient (Wildman–Crippen LogP) is 2.00. The maximum absolute atomic E-state index is 8.58. The van der Waals surface area contributed by atoms with Crippen LogP contribution in [0.15, 0.2) is 0 Å². The largest absolute Gasteiger partial charge is 0.396 e. The Morgan fingerprint density at radius 2 is 2.10 bits per heavy atom. The van der Waals surface area contributed by atoms with Crippen molar-refractivity contribution in [3.05, 3.63) is 0 Å². The molecule has 1 N–H and O–H groups in total. The molecular weight excluding hydrogens is 173 g/mol. The summed E-state index contributed by atoms with van der Waals surface area (Å²) in [5.74, 6) is 0.403. The molecule has 2 nitrogen and oxygen atoms in total. The van der Waals surface area contributed by atoms with Gasteiger partial charge in [-0.3, -0.25) is 0 Å². The fraction of sp³-hybridized carbons (Fsp3) is 1.00. The monoisotopic (exact) mass is 185 g/mol. The highest BCUT2D eigenvalue weighted by molar-refractivity contribution is 6.33. The van der Waals surface area contributed by atoms with Crippen molar-refractivity contribution in [2.75, 3.05) is 13.2 Å². The molecule has 62 valence electrons. The first-order chi connectivity index (χ1) is 4.70. The summed E-state index contributed by atoms with van der Waals surface area (Å²) in [4.78, 5) is 0. The van der Waals surface area contributed by atoms with Crippen molar-refractivity contribution in [3.63, 3.8) is 0 Å². The summed E-state index contributed by atoms with van der Waals surface area (Å²) in [5, 5.41) is 8.58. The van der Waals surface area contributed by atoms with Crippen LogP contribution in [-0.4, -0.2) is 22.2 Å². The number of aliphatic hydroxyl groups is 1. The van der Waals surface area contributed by atoms with E-state index < -0.39 is 0 Å². The van der Waals surface area contributed by atoms with Gasteiger partial charge in [0.15, 0.2) is 0 Å². The van der Waals surface area contributed by atoms with Gasteiger partial charge in [0.1, 0.15) is 0 Å². The molecule has 0 radical (unpaired) electrons. The molecule has 4 heteroatoms. The number of aliphatic hydroxyl groups excluding tert-OH is 1. The Kier molecular flexibility index (Phi) is 6.54. The van der Waals surface area contributed by atoms with Crippen LogP contribution in [0.3, 0.4) is 0 Å². The minimum absolute atomic E-state index is 0.208. The Morgan fingerprint density at radius 1 is 1.50 bits per heavy atom. The van der Waals surface area contributed by atoms with Gasteiger partial charge in [0.05, 0.1) is 0 Å². The van der Waals surface area contributed by atoms with Crippen molar-refractivity contribution in [2.45, 2.75) is 19.8 Å². The second-order valence-electron chi connectivity index (χ2n) is 2.27. The van der Waals surface area contributed by atoms with Gasteiger partial charge in [0.2, 0.25) is 0 Å². The normalized spacial score (nSPS) is 14.1. The second kappa shape index (κ2) is 6.23. The summed E-state index contributed by atoms with van der Waals surface area (Å²) in [7, 11) is 0. The average Bonchev–Trinajstić information content (AvgIpc) is 1.86. The Bertz CT molecular complexity index is 80.1. The molecule has 0 rings (SSSR count). The van der Waals surface area contributed by atoms with Gasteiger partial charge in [-0.15, -0.1) is 3.94 Å². The van der Waals surface area contributed by atoms with E-state index in [-0.39, 0.29) is 6.61 Å². The van der Waals surface area contributed by atoms with Gasteiger partial charge >= 0.3 is 0 Å². The van der Waals surface area contributed by atoms with Gasteiger partial charge in [-0.2, -0.15) is 0 Å². The fourth-order valence-corrected chi connectivity index (χ4v) is 1.19. The lowest BCUT2D eigenvalue weighted by atomic mass is 10.0. The van der Waals surface area contributed by atoms with E-state index >= 15 is 0 Å². The van der Waals surface area contributed by atoms with Crippen LogP contribution in [0.1, 0.15) is 19.8 Å². The zero-order chi connectivity index (χ0) is 7.98. The van der Waals surface area contributed by atoms with Crippen molar-refractivity contribution in [2.24, 2.45) is 5.92 Å². The number of halogens is 2. The molecule has 0 aromatic carbocycles. The van der Waals surface area contributed by atoms with Crippen LogP contribution in [-0.2, 0) is 0 Å². The highest BCUT2D eigenvalue weighted by atomic mass is 35.5. The summed E-state index contributed by atoms with van der Waals surface area (Å²) in [6.45, 7) is 2.89. The SMILES string of the molecule is CCC(CCO)CN(Cl)Cl. The lowest BCUT2D eigenvalue weighted by Gasteiger charge is -2.13. The summed E-state index contributed by atoms with van der Waals surface area (Å²) >= 11 is 10.8. The van der Waals surface area contributed by atoms with E-state index in [1.165, 1.54) is 0 Å². The van der Waals surface area contributed by atoms with Crippen LogP contribution in [0, 0.1) is 5.92 Å². The van der Waals surface area contributed by atoms with E-state index in [1.54, 1.807) is 0 Å². The molecule has 1 atom stereocenters. The first-order valence-corrected chi connectivity index (χ1v) is 4.08. The van der Waals surface area contributed by atoms with Gasteiger partial charge in [-0.05, 0) is 35.9 Å². The van der Waals surface area contributed by atoms with Crippen LogP contribution in [0.4, 0.5) is 0 Å². The number of hydrogen-bond acceptors (Lipinski definition) is 2. The maximum Gasteiger partial charge on any atom is 0.0434 e. The minimum Gasteiger partial charge on any atom is -0.396 e. The maximum atomic E-state index is 8.58. The van der Waals surface area contributed by atoms with Gasteiger partial charge in [-0.25, -0.2) is 0 Å². The summed E-state index contributed by atoms with van der Waals surface area (Å²) in [6, 6.07) is 0. The Hall–Kier alpha value is 0.500. The third-order valence-corrected chi connectivity index (χ3v) is 1.79. The van der Waals surface area contributed by atoms with E-state index in [9.17, 15) is 0 Å². The Balaban J connectivity index is 3.39. The molecule has 0 spiro atoms. The molecule has 0 saturated carbocycles. The molecule has 0 heterocycles. The van der Waals surface area contributed by atoms with E-state index in [4.69, 9.17) is 28.7 Å². The van der Waals surface area contributed by atoms with Crippen LogP contribution >= 0.6 is 23.6 Å². The third kappa shape index (κ3) is 5.30. The fourth-order valence-electron chi connectivity index (χ4n) is 0.802. The van der Waals surface area contributed by atoms with Crippen LogP contribution in [0.5, 0.6) is 0 Å². The standard InChI is InChI=1S/C6H13Cl2NO/c1-2-6(3-4-10)5-9(7)8/h6,10H,2-5H2,1H3. The van der Waals surface area contributed by atoms with E-state index in [0.29, 0.717) is 12.5 Å². The molecule has 0 aromatic rings. The average molecular weight is 186 g/mol. The molecule has 0 aromatic heterocycles. The van der Waals surface area contributed by atoms with Crippen LogP contribution in [0.2, 0.25) is 0 Å². The molecule has 0 fully saturated rings. The highest BCUT2D eigenvalue weighted by Crippen LogP contribution is 2.12. The number of rotatable bonds is 5. The first kappa shape index (κ1) is 10.5. The summed E-state index contributed by atoms with van der Waals surface area (Å²) < 4.78 is 1.11. The van der Waals surface area contributed by atoms with Crippen LogP contribution < -0.4 is 0 Å². The van der Waals surface area contributed by atoms with E-state index in [0.717, 1.165) is 16.8 Å². The lowest BCUT2D eigenvalue weighted by Crippen LogP contribution is -2.14. The van der Waals surface area contributed by atoms with Crippen molar-refractivity contribution >= 4 is 23.6 Å². The van der Waals surface area contributed by atoms with Crippen molar-refractivity contribution < 1.29 is 5.11 Å². The van der Waals surface area contributed by atoms with Gasteiger partial charge in [0.25, 0.3) is 0 Å². The number of nitrogens with zero attached hydrogens (tertiary/aromatic N) is 1. The minimum atomic E-state index is 0.208. The quantitative estimate of drug-likeness (QED) is 0.663. The molecule has 0 aliphatic rings. The molecule has 1 unspecified atom stereocenters. The number of hydrogen-bond donors (Lipinski definition) is 1. The Morgan fingerprint density at radius 3 is 2.40 bits per heavy atom. The van der Waals surface area contributed by atoms with Gasteiger partial charge < -0.3 is 5.11 Å².